The van der Waals surface area contributed by atoms with Gasteiger partial charge in [-0.05, 0) is 111 Å². The fourth-order valence-corrected chi connectivity index (χ4v) is 9.63. The first-order valence-corrected chi connectivity index (χ1v) is 14.0. The van der Waals surface area contributed by atoms with Gasteiger partial charge in [-0.15, -0.1) is 0 Å². The topological polar surface area (TPSA) is 67.8 Å². The Balaban J connectivity index is 1.26. The molecule has 5 heteroatoms. The lowest BCUT2D eigenvalue weighted by Gasteiger charge is -2.60. The summed E-state index contributed by atoms with van der Waals surface area (Å²) in [5.41, 5.74) is 2.32. The van der Waals surface area contributed by atoms with Crippen LogP contribution in [0.4, 0.5) is 4.79 Å². The Morgan fingerprint density at radius 3 is 2.68 bits per heavy atom. The highest BCUT2D eigenvalue weighted by Crippen LogP contribution is 2.69. The molecule has 0 aromatic carbocycles. The standard InChI is InChI=1S/C29H47NO4/c1-17(16-30-27(32)33-5)6-9-24-18(2)26-25(34-24)15-23-21-8-7-19-14-20(31)10-12-28(19,3)22(21)11-13-29(23,26)4/h17,19-23,25-26,31H,6-16H2,1-5H3,(H,30,32)/t17-,19-,20-,21+,22-,23-,25?,26?,28-,29-/m0/s1. The summed E-state index contributed by atoms with van der Waals surface area (Å²) in [5, 5.41) is 13.1. The summed E-state index contributed by atoms with van der Waals surface area (Å²) in [6.07, 6.45) is 11.8. The van der Waals surface area contributed by atoms with Gasteiger partial charge in [0.25, 0.3) is 0 Å². The zero-order valence-electron chi connectivity index (χ0n) is 22.1. The van der Waals surface area contributed by atoms with Crippen molar-refractivity contribution in [1.82, 2.24) is 5.32 Å². The van der Waals surface area contributed by atoms with Crippen LogP contribution in [0.25, 0.3) is 0 Å². The van der Waals surface area contributed by atoms with Crippen LogP contribution >= 0.6 is 0 Å². The maximum atomic E-state index is 11.4. The molecular formula is C29H47NO4. The number of rotatable bonds is 5. The van der Waals surface area contributed by atoms with E-state index in [0.717, 1.165) is 49.4 Å². The van der Waals surface area contributed by atoms with Crippen molar-refractivity contribution in [2.24, 2.45) is 46.3 Å². The predicted octanol–water partition coefficient (Wildman–Crippen LogP) is 6.06. The van der Waals surface area contributed by atoms with Crippen molar-refractivity contribution in [3.63, 3.8) is 0 Å². The van der Waals surface area contributed by atoms with Crippen molar-refractivity contribution < 1.29 is 19.4 Å². The van der Waals surface area contributed by atoms with Crippen molar-refractivity contribution in [2.75, 3.05) is 13.7 Å². The molecule has 0 radical (unpaired) electrons. The van der Waals surface area contributed by atoms with Gasteiger partial charge in [0, 0.05) is 18.9 Å². The highest BCUT2D eigenvalue weighted by atomic mass is 16.5. The second-order valence-corrected chi connectivity index (χ2v) is 13.1. The molecule has 1 aliphatic heterocycles. The molecular weight excluding hydrogens is 426 g/mol. The molecule has 2 unspecified atom stereocenters. The fraction of sp³-hybridized carbons (Fsp3) is 0.897. The van der Waals surface area contributed by atoms with E-state index in [1.165, 1.54) is 57.0 Å². The predicted molar refractivity (Wildman–Crippen MR) is 133 cm³/mol. The number of methoxy groups -OCH3 is 1. The van der Waals surface area contributed by atoms with E-state index < -0.39 is 0 Å². The maximum absolute atomic E-state index is 11.4. The van der Waals surface area contributed by atoms with Crippen LogP contribution in [0, 0.1) is 46.3 Å². The number of hydrogen-bond acceptors (Lipinski definition) is 4. The summed E-state index contributed by atoms with van der Waals surface area (Å²) in [6.45, 7) is 10.3. The first kappa shape index (κ1) is 24.5. The summed E-state index contributed by atoms with van der Waals surface area (Å²) >= 11 is 0. The fourth-order valence-electron chi connectivity index (χ4n) is 9.63. The zero-order chi connectivity index (χ0) is 24.3. The van der Waals surface area contributed by atoms with Crippen LogP contribution in [0.1, 0.15) is 91.9 Å². The van der Waals surface area contributed by atoms with Gasteiger partial charge in [-0.25, -0.2) is 4.79 Å². The summed E-state index contributed by atoms with van der Waals surface area (Å²) in [4.78, 5) is 11.4. The van der Waals surface area contributed by atoms with Gasteiger partial charge >= 0.3 is 6.09 Å². The largest absolute Gasteiger partial charge is 0.494 e. The van der Waals surface area contributed by atoms with Crippen LogP contribution in [0.5, 0.6) is 0 Å². The number of carbonyl (C=O) groups is 1. The van der Waals surface area contributed by atoms with Gasteiger partial charge in [0.1, 0.15) is 6.10 Å². The highest BCUT2D eigenvalue weighted by Gasteiger charge is 2.64. The van der Waals surface area contributed by atoms with Gasteiger partial charge in [-0.2, -0.15) is 0 Å². The smallest absolute Gasteiger partial charge is 0.406 e. The number of alkyl carbamates (subject to hydrolysis) is 1. The lowest BCUT2D eigenvalue weighted by Crippen LogP contribution is -2.54. The quantitative estimate of drug-likeness (QED) is 0.509. The van der Waals surface area contributed by atoms with Gasteiger partial charge in [0.15, 0.2) is 0 Å². The first-order valence-electron chi connectivity index (χ1n) is 14.0. The Labute approximate surface area is 206 Å². The average Bonchev–Trinajstić information content (AvgIpc) is 3.29. The van der Waals surface area contributed by atoms with Gasteiger partial charge in [-0.1, -0.05) is 20.8 Å². The van der Waals surface area contributed by atoms with Crippen molar-refractivity contribution in [2.45, 2.75) is 104 Å². The SMILES string of the molecule is COC(=O)NC[C@@H](C)CCC1=C(C)C2C(C[C@H]3[C@@H]4CC[C@H]5C[C@@H](O)CC[C@]5(C)[C@H]4CC[C@]23C)O1. The minimum Gasteiger partial charge on any atom is -0.494 e. The Bertz CT molecular complexity index is 825. The van der Waals surface area contributed by atoms with Gasteiger partial charge < -0.3 is 19.9 Å². The molecule has 0 saturated heterocycles. The molecule has 4 saturated carbocycles. The molecule has 1 amide bonds. The second kappa shape index (κ2) is 9.01. The van der Waals surface area contributed by atoms with E-state index in [2.05, 4.69) is 37.7 Å². The minimum atomic E-state index is -0.351. The van der Waals surface area contributed by atoms with E-state index >= 15 is 0 Å². The number of amides is 1. The number of ether oxygens (including phenoxy) is 2. The number of carbonyl (C=O) groups excluding carboxylic acids is 1. The lowest BCUT2D eigenvalue weighted by atomic mass is 9.44. The number of aliphatic hydroxyl groups excluding tert-OH is 1. The van der Waals surface area contributed by atoms with Gasteiger partial charge in [0.05, 0.1) is 19.0 Å². The summed E-state index contributed by atoms with van der Waals surface area (Å²) in [5.74, 6) is 5.39. The molecule has 192 valence electrons. The van der Waals surface area contributed by atoms with Crippen LogP contribution in [0.2, 0.25) is 0 Å². The number of hydrogen-bond donors (Lipinski definition) is 2. The minimum absolute atomic E-state index is 0.0621. The number of nitrogens with one attached hydrogen (secondary N) is 1. The number of aliphatic hydroxyl groups is 1. The average molecular weight is 474 g/mol. The van der Waals surface area contributed by atoms with Crippen molar-refractivity contribution in [1.29, 1.82) is 0 Å². The summed E-state index contributed by atoms with van der Waals surface area (Å²) < 4.78 is 11.4. The normalized spacial score (nSPS) is 46.0. The monoisotopic (exact) mass is 473 g/mol. The van der Waals surface area contributed by atoms with Gasteiger partial charge in [-0.3, -0.25) is 0 Å². The van der Waals surface area contributed by atoms with Crippen molar-refractivity contribution >= 4 is 6.09 Å². The zero-order valence-corrected chi connectivity index (χ0v) is 22.1. The number of allylic oxidation sites excluding steroid dienone is 1. The molecule has 2 N–H and O–H groups in total. The van der Waals surface area contributed by atoms with E-state index in [9.17, 15) is 9.90 Å². The van der Waals surface area contributed by atoms with E-state index in [-0.39, 0.29) is 12.2 Å². The molecule has 5 rings (SSSR count). The van der Waals surface area contributed by atoms with E-state index in [1.807, 2.05) is 0 Å². The van der Waals surface area contributed by atoms with Crippen LogP contribution in [-0.2, 0) is 9.47 Å². The molecule has 0 aromatic rings. The van der Waals surface area contributed by atoms with Gasteiger partial charge in [0.2, 0.25) is 0 Å². The van der Waals surface area contributed by atoms with Crippen LogP contribution in [-0.4, -0.2) is 37.1 Å². The Hall–Kier alpha value is -1.23. The summed E-state index contributed by atoms with van der Waals surface area (Å²) in [6, 6.07) is 0. The molecule has 1 heterocycles. The third-order valence-corrected chi connectivity index (χ3v) is 11.5. The third kappa shape index (κ3) is 3.89. The Morgan fingerprint density at radius 1 is 1.15 bits per heavy atom. The molecule has 0 bridgehead atoms. The van der Waals surface area contributed by atoms with Crippen molar-refractivity contribution in [3.8, 4) is 0 Å². The third-order valence-electron chi connectivity index (χ3n) is 11.5. The van der Waals surface area contributed by atoms with E-state index in [1.54, 1.807) is 0 Å². The molecule has 34 heavy (non-hydrogen) atoms. The molecule has 5 aliphatic rings. The van der Waals surface area contributed by atoms with Crippen LogP contribution < -0.4 is 5.32 Å². The molecule has 4 fully saturated rings. The molecule has 0 spiro atoms. The molecule has 0 aromatic heterocycles. The number of fused-ring (bicyclic) bond motifs is 7. The molecule has 4 aliphatic carbocycles. The first-order chi connectivity index (χ1) is 16.2. The lowest BCUT2D eigenvalue weighted by molar-refractivity contribution is -0.124. The highest BCUT2D eigenvalue weighted by molar-refractivity contribution is 5.66. The van der Waals surface area contributed by atoms with E-state index in [0.29, 0.717) is 35.3 Å². The van der Waals surface area contributed by atoms with Crippen LogP contribution in [0.3, 0.4) is 0 Å². The maximum Gasteiger partial charge on any atom is 0.406 e. The van der Waals surface area contributed by atoms with Crippen molar-refractivity contribution in [3.05, 3.63) is 11.3 Å². The molecule has 10 atom stereocenters. The summed E-state index contributed by atoms with van der Waals surface area (Å²) in [7, 11) is 1.41. The second-order valence-electron chi connectivity index (χ2n) is 13.1. The van der Waals surface area contributed by atoms with E-state index in [4.69, 9.17) is 4.74 Å². The molecule has 5 nitrogen and oxygen atoms in total. The Morgan fingerprint density at radius 2 is 1.91 bits per heavy atom. The van der Waals surface area contributed by atoms with Crippen LogP contribution in [0.15, 0.2) is 11.3 Å². The Kier molecular flexibility index (Phi) is 6.49.